The first-order chi connectivity index (χ1) is 19.8. The molecule has 1 unspecified atom stereocenters. The fourth-order valence-corrected chi connectivity index (χ4v) is 5.29. The Morgan fingerprint density at radius 3 is 2.61 bits per heavy atom. The van der Waals surface area contributed by atoms with E-state index in [0.717, 1.165) is 49.9 Å². The molecule has 10 nitrogen and oxygen atoms in total. The fourth-order valence-electron chi connectivity index (χ4n) is 5.29. The number of anilines is 1. The van der Waals surface area contributed by atoms with E-state index in [4.69, 9.17) is 4.74 Å². The monoisotopic (exact) mass is 567 g/mol. The first-order valence-electron chi connectivity index (χ1n) is 14.0. The number of likely N-dealkylation sites (tertiary alicyclic amines) is 1. The van der Waals surface area contributed by atoms with E-state index in [0.29, 0.717) is 47.8 Å². The van der Waals surface area contributed by atoms with Crippen molar-refractivity contribution in [3.05, 3.63) is 64.5 Å². The normalized spacial score (nSPS) is 16.9. The highest BCUT2D eigenvalue weighted by atomic mass is 19.1. The van der Waals surface area contributed by atoms with Gasteiger partial charge in [0.05, 0.1) is 13.2 Å². The molecule has 0 spiro atoms. The lowest BCUT2D eigenvalue weighted by molar-refractivity contribution is -0.126. The van der Waals surface area contributed by atoms with Crippen molar-refractivity contribution in [3.63, 3.8) is 0 Å². The van der Waals surface area contributed by atoms with Gasteiger partial charge in [0.1, 0.15) is 5.82 Å². The van der Waals surface area contributed by atoms with E-state index in [9.17, 15) is 23.6 Å². The van der Waals surface area contributed by atoms with Gasteiger partial charge in [-0.3, -0.25) is 39.2 Å². The highest BCUT2D eigenvalue weighted by Crippen LogP contribution is 2.24. The Kier molecular flexibility index (Phi) is 10.6. The number of amides is 4. The summed E-state index contributed by atoms with van der Waals surface area (Å²) in [7, 11) is 0. The SMILES string of the molecule is Cc1c(NCc2ccc(CN3CC(N4CCOCC4)C3)cc2F)cccc1C(=O)N(C=O)C(C)CCC(=O)NC=O. The second-order valence-corrected chi connectivity index (χ2v) is 10.6. The third-order valence-electron chi connectivity index (χ3n) is 7.89. The smallest absolute Gasteiger partial charge is 0.260 e. The molecule has 0 aliphatic carbocycles. The summed E-state index contributed by atoms with van der Waals surface area (Å²) in [6.45, 7) is 9.86. The maximum atomic E-state index is 15.0. The summed E-state index contributed by atoms with van der Waals surface area (Å²) in [5, 5.41) is 5.26. The van der Waals surface area contributed by atoms with Crippen LogP contribution in [0.1, 0.15) is 46.8 Å². The maximum absolute atomic E-state index is 15.0. The number of carbonyl (C=O) groups is 4. The van der Waals surface area contributed by atoms with Gasteiger partial charge in [-0.25, -0.2) is 4.39 Å². The Balaban J connectivity index is 1.32. The van der Waals surface area contributed by atoms with Crippen LogP contribution in [-0.2, 0) is 32.2 Å². The topological polar surface area (TPSA) is 111 Å². The predicted octanol–water partition coefficient (Wildman–Crippen LogP) is 2.30. The molecule has 0 aromatic heterocycles. The first-order valence-corrected chi connectivity index (χ1v) is 14.0. The summed E-state index contributed by atoms with van der Waals surface area (Å²) >= 11 is 0. The minimum absolute atomic E-state index is 0.00452. The molecule has 2 aromatic rings. The summed E-state index contributed by atoms with van der Waals surface area (Å²) in [6.07, 6.45) is 0.953. The summed E-state index contributed by atoms with van der Waals surface area (Å²) in [6, 6.07) is 10.4. The molecule has 2 aliphatic heterocycles. The molecule has 220 valence electrons. The molecule has 4 rings (SSSR count). The zero-order valence-electron chi connectivity index (χ0n) is 23.6. The standard InChI is InChI=1S/C30H38FN5O5/c1-21(6-9-29(39)33-19-37)36(20-38)30(40)26-4-3-5-28(22(26)2)32-15-24-8-7-23(14-27(24)31)16-34-17-25(18-34)35-10-12-41-13-11-35/h3-5,7-8,14,19-21,25,32H,6,9-13,15-18H2,1-2H3,(H,33,37,39). The molecular weight excluding hydrogens is 529 g/mol. The van der Waals surface area contributed by atoms with E-state index in [-0.39, 0.29) is 25.2 Å². The van der Waals surface area contributed by atoms with Gasteiger partial charge in [0, 0.05) is 74.6 Å². The van der Waals surface area contributed by atoms with Crippen LogP contribution >= 0.6 is 0 Å². The molecule has 2 saturated heterocycles. The van der Waals surface area contributed by atoms with Gasteiger partial charge < -0.3 is 10.1 Å². The Labute approximate surface area is 239 Å². The number of carbonyl (C=O) groups excluding carboxylic acids is 4. The largest absolute Gasteiger partial charge is 0.381 e. The van der Waals surface area contributed by atoms with Gasteiger partial charge in [-0.15, -0.1) is 0 Å². The second-order valence-electron chi connectivity index (χ2n) is 10.6. The zero-order chi connectivity index (χ0) is 29.4. The van der Waals surface area contributed by atoms with Gasteiger partial charge in [0.2, 0.25) is 18.7 Å². The lowest BCUT2D eigenvalue weighted by Crippen LogP contribution is -2.60. The molecule has 0 saturated carbocycles. The van der Waals surface area contributed by atoms with Crippen LogP contribution in [0.5, 0.6) is 0 Å². The highest BCUT2D eigenvalue weighted by Gasteiger charge is 2.32. The Hall–Kier alpha value is -3.67. The molecule has 1 atom stereocenters. The van der Waals surface area contributed by atoms with Crippen LogP contribution in [-0.4, -0.2) is 90.8 Å². The number of nitrogens with one attached hydrogen (secondary N) is 2. The minimum Gasteiger partial charge on any atom is -0.381 e. The number of halogens is 1. The van der Waals surface area contributed by atoms with Crippen molar-refractivity contribution >= 4 is 30.3 Å². The van der Waals surface area contributed by atoms with Gasteiger partial charge in [-0.2, -0.15) is 0 Å². The molecule has 2 heterocycles. The van der Waals surface area contributed by atoms with Crippen molar-refractivity contribution in [3.8, 4) is 0 Å². The molecule has 0 bridgehead atoms. The van der Waals surface area contributed by atoms with E-state index in [1.54, 1.807) is 44.2 Å². The lowest BCUT2D eigenvalue weighted by Gasteiger charge is -2.46. The van der Waals surface area contributed by atoms with E-state index >= 15 is 0 Å². The van der Waals surface area contributed by atoms with Gasteiger partial charge in [0.25, 0.3) is 5.91 Å². The van der Waals surface area contributed by atoms with Crippen LogP contribution in [0.15, 0.2) is 36.4 Å². The average molecular weight is 568 g/mol. The molecule has 4 amide bonds. The molecule has 41 heavy (non-hydrogen) atoms. The van der Waals surface area contributed by atoms with Gasteiger partial charge in [-0.05, 0) is 49.6 Å². The number of imide groups is 2. The first kappa shape index (κ1) is 30.3. The molecule has 2 aromatic carbocycles. The number of hydrogen-bond acceptors (Lipinski definition) is 8. The summed E-state index contributed by atoms with van der Waals surface area (Å²) in [5.74, 6) is -1.27. The number of rotatable bonds is 13. The molecule has 0 radical (unpaired) electrons. The summed E-state index contributed by atoms with van der Waals surface area (Å²) in [5.41, 5.74) is 3.04. The maximum Gasteiger partial charge on any atom is 0.260 e. The number of morpholine rings is 1. The van der Waals surface area contributed by atoms with Gasteiger partial charge >= 0.3 is 0 Å². The molecule has 2 aliphatic rings. The van der Waals surface area contributed by atoms with Crippen molar-refractivity contribution in [2.75, 3.05) is 44.7 Å². The van der Waals surface area contributed by atoms with Crippen LogP contribution < -0.4 is 10.6 Å². The minimum atomic E-state index is -0.553. The zero-order valence-corrected chi connectivity index (χ0v) is 23.6. The van der Waals surface area contributed by atoms with E-state index < -0.39 is 17.9 Å². The number of benzene rings is 2. The van der Waals surface area contributed by atoms with Crippen molar-refractivity contribution in [2.24, 2.45) is 0 Å². The number of hydrogen-bond donors (Lipinski definition) is 2. The van der Waals surface area contributed by atoms with Gasteiger partial charge in [-0.1, -0.05) is 18.2 Å². The fraction of sp³-hybridized carbons (Fsp3) is 0.467. The average Bonchev–Trinajstić information content (AvgIpc) is 2.94. The van der Waals surface area contributed by atoms with Crippen molar-refractivity contribution in [1.29, 1.82) is 0 Å². The molecular formula is C30H38FN5O5. The number of nitrogens with zero attached hydrogens (tertiary/aromatic N) is 3. The van der Waals surface area contributed by atoms with Crippen LogP contribution in [0.25, 0.3) is 0 Å². The van der Waals surface area contributed by atoms with Crippen molar-refractivity contribution < 1.29 is 28.3 Å². The van der Waals surface area contributed by atoms with Crippen LogP contribution in [0, 0.1) is 12.7 Å². The molecule has 2 fully saturated rings. The molecule has 2 N–H and O–H groups in total. The predicted molar refractivity (Wildman–Crippen MR) is 151 cm³/mol. The van der Waals surface area contributed by atoms with Gasteiger partial charge in [0.15, 0.2) is 0 Å². The Morgan fingerprint density at radius 1 is 1.17 bits per heavy atom. The Morgan fingerprint density at radius 2 is 1.93 bits per heavy atom. The van der Waals surface area contributed by atoms with E-state index in [2.05, 4.69) is 15.1 Å². The Bertz CT molecular complexity index is 1250. The highest BCUT2D eigenvalue weighted by molar-refractivity contribution is 6.02. The van der Waals surface area contributed by atoms with Crippen molar-refractivity contribution in [1.82, 2.24) is 20.0 Å². The third-order valence-corrected chi connectivity index (χ3v) is 7.89. The van der Waals surface area contributed by atoms with Crippen LogP contribution in [0.3, 0.4) is 0 Å². The van der Waals surface area contributed by atoms with Crippen molar-refractivity contribution in [2.45, 2.75) is 51.9 Å². The number of ether oxygens (including phenoxy) is 1. The quantitative estimate of drug-likeness (QED) is 0.355. The lowest BCUT2D eigenvalue weighted by atomic mass is 10.0. The van der Waals surface area contributed by atoms with Crippen LogP contribution in [0.4, 0.5) is 10.1 Å². The summed E-state index contributed by atoms with van der Waals surface area (Å²) < 4.78 is 20.4. The van der Waals surface area contributed by atoms with Crippen LogP contribution in [0.2, 0.25) is 0 Å². The van der Waals surface area contributed by atoms with E-state index in [1.165, 1.54) is 0 Å². The summed E-state index contributed by atoms with van der Waals surface area (Å²) in [4.78, 5) is 52.8. The molecule has 11 heteroatoms. The second kappa shape index (κ2) is 14.3. The van der Waals surface area contributed by atoms with E-state index in [1.807, 2.05) is 11.4 Å². The third kappa shape index (κ3) is 7.75.